The van der Waals surface area contributed by atoms with Gasteiger partial charge in [-0.25, -0.2) is 0 Å². The first-order valence-corrected chi connectivity index (χ1v) is 6.77. The molecule has 0 spiro atoms. The first-order valence-electron chi connectivity index (χ1n) is 5.97. The van der Waals surface area contributed by atoms with Crippen molar-refractivity contribution in [1.29, 1.82) is 0 Å². The van der Waals surface area contributed by atoms with Crippen molar-refractivity contribution in [2.45, 2.75) is 6.92 Å². The summed E-state index contributed by atoms with van der Waals surface area (Å²) in [5.74, 6) is 0. The average molecular weight is 301 g/mol. The second kappa shape index (κ2) is 8.50. The van der Waals surface area contributed by atoms with Crippen molar-refractivity contribution in [3.8, 4) is 0 Å². The van der Waals surface area contributed by atoms with Crippen LogP contribution in [-0.4, -0.2) is 44.8 Å². The molecule has 1 aromatic rings. The van der Waals surface area contributed by atoms with E-state index in [0.717, 1.165) is 42.9 Å². The van der Waals surface area contributed by atoms with Gasteiger partial charge in [0, 0.05) is 36.9 Å². The molecule has 0 saturated heterocycles. The van der Waals surface area contributed by atoms with Crippen LogP contribution in [0.15, 0.2) is 28.7 Å². The van der Waals surface area contributed by atoms with Crippen molar-refractivity contribution in [3.05, 3.63) is 28.7 Å². The Morgan fingerprint density at radius 1 is 1.29 bits per heavy atom. The number of anilines is 1. The van der Waals surface area contributed by atoms with Crippen molar-refractivity contribution in [2.75, 3.05) is 45.2 Å². The van der Waals surface area contributed by atoms with Crippen LogP contribution >= 0.6 is 15.9 Å². The number of ether oxygens (including phenoxy) is 1. The Hall–Kier alpha value is -0.580. The Kier molecular flexibility index (Phi) is 7.24. The second-order valence-corrected chi connectivity index (χ2v) is 4.69. The predicted molar refractivity (Wildman–Crippen MR) is 76.6 cm³/mol. The van der Waals surface area contributed by atoms with Crippen molar-refractivity contribution < 1.29 is 4.74 Å². The van der Waals surface area contributed by atoms with Crippen LogP contribution in [0.1, 0.15) is 6.92 Å². The molecule has 4 heteroatoms. The van der Waals surface area contributed by atoms with E-state index in [-0.39, 0.29) is 0 Å². The molecular weight excluding hydrogens is 280 g/mol. The molecule has 1 N–H and O–H groups in total. The topological polar surface area (TPSA) is 24.5 Å². The molecule has 0 aliphatic heterocycles. The molecule has 3 nitrogen and oxygen atoms in total. The van der Waals surface area contributed by atoms with Gasteiger partial charge in [-0.1, -0.05) is 19.1 Å². The molecule has 0 radical (unpaired) electrons. The van der Waals surface area contributed by atoms with Crippen LogP contribution in [0.5, 0.6) is 0 Å². The molecular formula is C13H21BrN2O. The first-order chi connectivity index (χ1) is 8.27. The largest absolute Gasteiger partial charge is 0.383 e. The smallest absolute Gasteiger partial charge is 0.0589 e. The number of nitrogens with zero attached hydrogens (tertiary/aromatic N) is 1. The van der Waals surface area contributed by atoms with E-state index in [2.05, 4.69) is 39.1 Å². The molecule has 0 heterocycles. The molecule has 0 saturated carbocycles. The minimum atomic E-state index is 0.795. The normalized spacial score (nSPS) is 10.8. The molecule has 0 aliphatic rings. The summed E-state index contributed by atoms with van der Waals surface area (Å²) < 4.78 is 6.20. The minimum Gasteiger partial charge on any atom is -0.383 e. The number of rotatable bonds is 8. The van der Waals surface area contributed by atoms with E-state index in [1.165, 1.54) is 0 Å². The first kappa shape index (κ1) is 14.5. The third-order valence-electron chi connectivity index (χ3n) is 2.68. The van der Waals surface area contributed by atoms with Gasteiger partial charge in [0.05, 0.1) is 6.61 Å². The Morgan fingerprint density at radius 2 is 2.06 bits per heavy atom. The number of para-hydroxylation sites is 1. The third kappa shape index (κ3) is 5.52. The van der Waals surface area contributed by atoms with E-state index in [1.54, 1.807) is 7.11 Å². The van der Waals surface area contributed by atoms with Gasteiger partial charge in [-0.2, -0.15) is 0 Å². The lowest BCUT2D eigenvalue weighted by Crippen LogP contribution is -2.31. The number of hydrogen-bond acceptors (Lipinski definition) is 3. The summed E-state index contributed by atoms with van der Waals surface area (Å²) in [6.07, 6.45) is 0. The molecule has 17 heavy (non-hydrogen) atoms. The van der Waals surface area contributed by atoms with Gasteiger partial charge < -0.3 is 10.1 Å². The van der Waals surface area contributed by atoms with Crippen LogP contribution in [0.2, 0.25) is 0 Å². The summed E-state index contributed by atoms with van der Waals surface area (Å²) in [6, 6.07) is 8.18. The lowest BCUT2D eigenvalue weighted by Gasteiger charge is -2.20. The molecule has 0 fully saturated rings. The van der Waals surface area contributed by atoms with Gasteiger partial charge in [0.15, 0.2) is 0 Å². The van der Waals surface area contributed by atoms with E-state index in [9.17, 15) is 0 Å². The summed E-state index contributed by atoms with van der Waals surface area (Å²) in [4.78, 5) is 2.37. The van der Waals surface area contributed by atoms with Gasteiger partial charge in [0.2, 0.25) is 0 Å². The summed E-state index contributed by atoms with van der Waals surface area (Å²) in [7, 11) is 1.74. The fourth-order valence-corrected chi connectivity index (χ4v) is 2.03. The van der Waals surface area contributed by atoms with Gasteiger partial charge in [0.25, 0.3) is 0 Å². The zero-order valence-corrected chi connectivity index (χ0v) is 12.2. The van der Waals surface area contributed by atoms with Crippen LogP contribution in [0, 0.1) is 0 Å². The van der Waals surface area contributed by atoms with E-state index in [1.807, 2.05) is 18.2 Å². The molecule has 0 unspecified atom stereocenters. The Bertz CT molecular complexity index is 320. The summed E-state index contributed by atoms with van der Waals surface area (Å²) >= 11 is 3.53. The number of hydrogen-bond donors (Lipinski definition) is 1. The Morgan fingerprint density at radius 3 is 2.71 bits per heavy atom. The number of methoxy groups -OCH3 is 1. The van der Waals surface area contributed by atoms with Crippen LogP contribution in [0.25, 0.3) is 0 Å². The van der Waals surface area contributed by atoms with Crippen LogP contribution in [-0.2, 0) is 4.74 Å². The summed E-state index contributed by atoms with van der Waals surface area (Å²) in [6.45, 7) is 6.99. The second-order valence-electron chi connectivity index (χ2n) is 3.83. The molecule has 0 aromatic heterocycles. The minimum absolute atomic E-state index is 0.795. The average Bonchev–Trinajstić information content (AvgIpc) is 2.35. The molecule has 0 aliphatic carbocycles. The molecule has 0 amide bonds. The quantitative estimate of drug-likeness (QED) is 0.799. The van der Waals surface area contributed by atoms with Crippen molar-refractivity contribution in [1.82, 2.24) is 4.90 Å². The highest BCUT2D eigenvalue weighted by atomic mass is 79.9. The van der Waals surface area contributed by atoms with E-state index >= 15 is 0 Å². The maximum atomic E-state index is 5.09. The highest BCUT2D eigenvalue weighted by molar-refractivity contribution is 9.10. The van der Waals surface area contributed by atoms with Gasteiger partial charge in [-0.05, 0) is 34.6 Å². The van der Waals surface area contributed by atoms with Crippen LogP contribution < -0.4 is 5.32 Å². The number of nitrogens with one attached hydrogen (secondary N) is 1. The standard InChI is InChI=1S/C13H21BrN2O/c1-3-16(10-11-17-2)9-8-15-13-7-5-4-6-12(13)14/h4-7,15H,3,8-11H2,1-2H3. The van der Waals surface area contributed by atoms with Gasteiger partial charge in [-0.3, -0.25) is 4.90 Å². The van der Waals surface area contributed by atoms with Crippen molar-refractivity contribution >= 4 is 21.6 Å². The monoisotopic (exact) mass is 300 g/mol. The molecule has 96 valence electrons. The number of likely N-dealkylation sites (N-methyl/N-ethyl adjacent to an activating group) is 1. The fourth-order valence-electron chi connectivity index (χ4n) is 1.60. The predicted octanol–water partition coefficient (Wildman–Crippen LogP) is 2.83. The Balaban J connectivity index is 2.28. The molecule has 0 atom stereocenters. The highest BCUT2D eigenvalue weighted by Crippen LogP contribution is 2.20. The van der Waals surface area contributed by atoms with Gasteiger partial charge >= 0.3 is 0 Å². The molecule has 1 aromatic carbocycles. The SMILES string of the molecule is CCN(CCNc1ccccc1Br)CCOC. The Labute approximate surface area is 112 Å². The van der Waals surface area contributed by atoms with E-state index in [0.29, 0.717) is 0 Å². The van der Waals surface area contributed by atoms with Crippen LogP contribution in [0.3, 0.4) is 0 Å². The van der Waals surface area contributed by atoms with Crippen LogP contribution in [0.4, 0.5) is 5.69 Å². The maximum Gasteiger partial charge on any atom is 0.0589 e. The maximum absolute atomic E-state index is 5.09. The fraction of sp³-hybridized carbons (Fsp3) is 0.538. The van der Waals surface area contributed by atoms with Crippen molar-refractivity contribution in [3.63, 3.8) is 0 Å². The number of halogens is 1. The third-order valence-corrected chi connectivity index (χ3v) is 3.37. The lowest BCUT2D eigenvalue weighted by molar-refractivity contribution is 0.153. The van der Waals surface area contributed by atoms with Crippen molar-refractivity contribution in [2.24, 2.45) is 0 Å². The van der Waals surface area contributed by atoms with Gasteiger partial charge in [-0.15, -0.1) is 0 Å². The summed E-state index contributed by atoms with van der Waals surface area (Å²) in [5.41, 5.74) is 1.15. The lowest BCUT2D eigenvalue weighted by atomic mass is 10.3. The number of benzene rings is 1. The highest BCUT2D eigenvalue weighted by Gasteiger charge is 2.02. The van der Waals surface area contributed by atoms with Gasteiger partial charge in [0.1, 0.15) is 0 Å². The molecule has 0 bridgehead atoms. The van der Waals surface area contributed by atoms with E-state index in [4.69, 9.17) is 4.74 Å². The summed E-state index contributed by atoms with van der Waals surface area (Å²) in [5, 5.41) is 3.42. The zero-order chi connectivity index (χ0) is 12.5. The zero-order valence-electron chi connectivity index (χ0n) is 10.6. The van der Waals surface area contributed by atoms with E-state index < -0.39 is 0 Å². The molecule has 1 rings (SSSR count).